The van der Waals surface area contributed by atoms with Gasteiger partial charge in [0.15, 0.2) is 11.9 Å². The third-order valence-electron chi connectivity index (χ3n) is 6.09. The van der Waals surface area contributed by atoms with Gasteiger partial charge < -0.3 is 20.1 Å². The van der Waals surface area contributed by atoms with Crippen LogP contribution in [-0.4, -0.2) is 53.6 Å². The summed E-state index contributed by atoms with van der Waals surface area (Å²) in [5.41, 5.74) is 1.76. The first-order valence-electron chi connectivity index (χ1n) is 11.3. The van der Waals surface area contributed by atoms with Crippen LogP contribution < -0.4 is 10.6 Å². The number of anilines is 1. The second kappa shape index (κ2) is 10.5. The van der Waals surface area contributed by atoms with Crippen LogP contribution in [0.4, 0.5) is 19.0 Å². The van der Waals surface area contributed by atoms with E-state index in [-0.39, 0.29) is 37.4 Å². The number of amides is 2. The monoisotopic (exact) mass is 514 g/mol. The van der Waals surface area contributed by atoms with Gasteiger partial charge in [0.05, 0.1) is 24.3 Å². The molecule has 35 heavy (non-hydrogen) atoms. The van der Waals surface area contributed by atoms with Crippen molar-refractivity contribution in [3.05, 3.63) is 34.9 Å². The Balaban J connectivity index is 1.61. The van der Waals surface area contributed by atoms with Crippen molar-refractivity contribution in [2.75, 3.05) is 25.1 Å². The van der Waals surface area contributed by atoms with Crippen molar-refractivity contribution >= 4 is 29.2 Å². The average Bonchev–Trinajstić information content (AvgIpc) is 3.43. The summed E-state index contributed by atoms with van der Waals surface area (Å²) < 4.78 is 50.8. The zero-order valence-electron chi connectivity index (χ0n) is 19.0. The van der Waals surface area contributed by atoms with Gasteiger partial charge in [-0.15, -0.1) is 0 Å². The van der Waals surface area contributed by atoms with E-state index in [1.54, 1.807) is 28.9 Å². The molecule has 0 spiro atoms. The molecule has 0 saturated carbocycles. The third-order valence-corrected chi connectivity index (χ3v) is 6.30. The number of hydrogen-bond acceptors (Lipinski definition) is 5. The molecule has 2 aromatic rings. The largest absolute Gasteiger partial charge is 0.414 e. The second-order valence-electron chi connectivity index (χ2n) is 8.74. The lowest BCUT2D eigenvalue weighted by Crippen LogP contribution is -2.28. The standard InChI is InChI=1S/C23H26ClF3N4O4/c1-13(23(25,26)27)35-12-14-6-15(8-17(24)7-14)19-10-20(29-22(33)16-9-21(32)28-11-16)30-31(19)18-2-4-34-5-3-18/h6-8,10,13,16,18H,2-5,9,11-12H2,1H3,(H,28,32)(H,29,30,33)/t13-,16+/m1/s1. The molecule has 2 aliphatic rings. The number of alkyl halides is 3. The van der Waals surface area contributed by atoms with Gasteiger partial charge in [0.25, 0.3) is 0 Å². The molecular formula is C23H26ClF3N4O4. The van der Waals surface area contributed by atoms with Gasteiger partial charge in [0, 0.05) is 42.8 Å². The van der Waals surface area contributed by atoms with Crippen LogP contribution in [0.25, 0.3) is 11.3 Å². The molecule has 8 nitrogen and oxygen atoms in total. The molecule has 2 amide bonds. The Bertz CT molecular complexity index is 1090. The maximum absolute atomic E-state index is 12.8. The van der Waals surface area contributed by atoms with Crippen molar-refractivity contribution in [3.63, 3.8) is 0 Å². The number of carbonyl (C=O) groups is 2. The van der Waals surface area contributed by atoms with Crippen LogP contribution in [0.15, 0.2) is 24.3 Å². The summed E-state index contributed by atoms with van der Waals surface area (Å²) in [4.78, 5) is 24.1. The molecule has 0 radical (unpaired) electrons. The quantitative estimate of drug-likeness (QED) is 0.580. The molecular weight excluding hydrogens is 489 g/mol. The van der Waals surface area contributed by atoms with Gasteiger partial charge in [-0.2, -0.15) is 18.3 Å². The van der Waals surface area contributed by atoms with Gasteiger partial charge >= 0.3 is 6.18 Å². The van der Waals surface area contributed by atoms with E-state index in [2.05, 4.69) is 15.7 Å². The zero-order valence-corrected chi connectivity index (χ0v) is 19.8. The van der Waals surface area contributed by atoms with Crippen molar-refractivity contribution < 1.29 is 32.2 Å². The predicted molar refractivity (Wildman–Crippen MR) is 122 cm³/mol. The summed E-state index contributed by atoms with van der Waals surface area (Å²) >= 11 is 6.30. The first kappa shape index (κ1) is 25.5. The highest BCUT2D eigenvalue weighted by Gasteiger charge is 2.37. The minimum absolute atomic E-state index is 0.00283. The van der Waals surface area contributed by atoms with E-state index in [9.17, 15) is 22.8 Å². The van der Waals surface area contributed by atoms with E-state index in [4.69, 9.17) is 21.1 Å². The van der Waals surface area contributed by atoms with E-state index in [0.717, 1.165) is 6.92 Å². The average molecular weight is 515 g/mol. The molecule has 2 fully saturated rings. The summed E-state index contributed by atoms with van der Waals surface area (Å²) in [7, 11) is 0. The fourth-order valence-corrected chi connectivity index (χ4v) is 4.35. The van der Waals surface area contributed by atoms with Crippen molar-refractivity contribution in [1.29, 1.82) is 0 Å². The molecule has 2 saturated heterocycles. The maximum atomic E-state index is 12.8. The fraction of sp³-hybridized carbons (Fsp3) is 0.522. The SMILES string of the molecule is C[C@@H](OCc1cc(Cl)cc(-c2cc(NC(=O)[C@@H]3CNC(=O)C3)nn2C2CCOCC2)c1)C(F)(F)F. The summed E-state index contributed by atoms with van der Waals surface area (Å²) in [6.45, 7) is 2.07. The highest BCUT2D eigenvalue weighted by Crippen LogP contribution is 2.33. The zero-order chi connectivity index (χ0) is 25.2. The molecule has 190 valence electrons. The molecule has 4 rings (SSSR count). The third kappa shape index (κ3) is 6.33. The topological polar surface area (TPSA) is 94.5 Å². The van der Waals surface area contributed by atoms with Crippen LogP contribution in [0.1, 0.15) is 37.8 Å². The number of aromatic nitrogens is 2. The minimum Gasteiger partial charge on any atom is -0.381 e. The van der Waals surface area contributed by atoms with Crippen molar-refractivity contribution in [1.82, 2.24) is 15.1 Å². The van der Waals surface area contributed by atoms with E-state index < -0.39 is 18.2 Å². The van der Waals surface area contributed by atoms with Gasteiger partial charge in [0.1, 0.15) is 0 Å². The molecule has 0 bridgehead atoms. The molecule has 0 aliphatic carbocycles. The maximum Gasteiger partial charge on any atom is 0.414 e. The number of rotatable bonds is 7. The number of nitrogens with zero attached hydrogens (tertiary/aromatic N) is 2. The molecule has 2 aliphatic heterocycles. The highest BCUT2D eigenvalue weighted by atomic mass is 35.5. The number of hydrogen-bond donors (Lipinski definition) is 2. The van der Waals surface area contributed by atoms with Gasteiger partial charge in [-0.05, 0) is 43.5 Å². The lowest BCUT2D eigenvalue weighted by molar-refractivity contribution is -0.217. The van der Waals surface area contributed by atoms with Gasteiger partial charge in [-0.25, -0.2) is 0 Å². The number of nitrogens with one attached hydrogen (secondary N) is 2. The van der Waals surface area contributed by atoms with Crippen molar-refractivity contribution in [2.24, 2.45) is 5.92 Å². The molecule has 2 atom stereocenters. The van der Waals surface area contributed by atoms with E-state index in [1.165, 1.54) is 0 Å². The van der Waals surface area contributed by atoms with Crippen LogP contribution in [0.5, 0.6) is 0 Å². The van der Waals surface area contributed by atoms with Crippen molar-refractivity contribution in [3.8, 4) is 11.3 Å². The van der Waals surface area contributed by atoms with Crippen LogP contribution >= 0.6 is 11.6 Å². The smallest absolute Gasteiger partial charge is 0.381 e. The summed E-state index contributed by atoms with van der Waals surface area (Å²) in [5, 5.41) is 10.4. The lowest BCUT2D eigenvalue weighted by atomic mass is 10.1. The second-order valence-corrected chi connectivity index (χ2v) is 9.18. The highest BCUT2D eigenvalue weighted by molar-refractivity contribution is 6.31. The Morgan fingerprint density at radius 1 is 1.31 bits per heavy atom. The first-order valence-corrected chi connectivity index (χ1v) is 11.7. The first-order chi connectivity index (χ1) is 16.6. The Hall–Kier alpha value is -2.63. The number of carbonyl (C=O) groups excluding carboxylic acids is 2. The predicted octanol–water partition coefficient (Wildman–Crippen LogP) is 4.10. The normalized spacial score (nSPS) is 20.0. The molecule has 2 N–H and O–H groups in total. The van der Waals surface area contributed by atoms with Crippen LogP contribution in [0, 0.1) is 5.92 Å². The fourth-order valence-electron chi connectivity index (χ4n) is 4.10. The van der Waals surface area contributed by atoms with Crippen LogP contribution in [-0.2, 0) is 25.7 Å². The van der Waals surface area contributed by atoms with E-state index in [0.29, 0.717) is 53.7 Å². The molecule has 1 aromatic heterocycles. The lowest BCUT2D eigenvalue weighted by Gasteiger charge is -2.24. The van der Waals surface area contributed by atoms with Crippen LogP contribution in [0.2, 0.25) is 5.02 Å². The van der Waals surface area contributed by atoms with Gasteiger partial charge in [-0.3, -0.25) is 14.3 Å². The van der Waals surface area contributed by atoms with Crippen LogP contribution in [0.3, 0.4) is 0 Å². The minimum atomic E-state index is -4.46. The molecule has 0 unspecified atom stereocenters. The Kier molecular flexibility index (Phi) is 7.67. The van der Waals surface area contributed by atoms with E-state index in [1.807, 2.05) is 0 Å². The molecule has 3 heterocycles. The Labute approximate surface area is 205 Å². The summed E-state index contributed by atoms with van der Waals surface area (Å²) in [5.74, 6) is -0.649. The van der Waals surface area contributed by atoms with E-state index >= 15 is 0 Å². The van der Waals surface area contributed by atoms with Gasteiger partial charge in [0.2, 0.25) is 11.8 Å². The number of benzene rings is 1. The molecule has 12 heteroatoms. The molecule has 1 aromatic carbocycles. The Morgan fingerprint density at radius 3 is 2.71 bits per heavy atom. The van der Waals surface area contributed by atoms with Gasteiger partial charge in [-0.1, -0.05) is 11.6 Å². The Morgan fingerprint density at radius 2 is 2.06 bits per heavy atom. The van der Waals surface area contributed by atoms with Crippen molar-refractivity contribution in [2.45, 2.75) is 51.1 Å². The summed E-state index contributed by atoms with van der Waals surface area (Å²) in [6, 6.07) is 6.65. The summed E-state index contributed by atoms with van der Waals surface area (Å²) in [6.07, 6.45) is -4.84. The number of halogens is 4. The number of ether oxygens (including phenoxy) is 2.